The van der Waals surface area contributed by atoms with Crippen molar-refractivity contribution in [2.24, 2.45) is 5.73 Å². The molecule has 98 valence electrons. The maximum absolute atomic E-state index is 6.23. The molecule has 0 aliphatic carbocycles. The van der Waals surface area contributed by atoms with Crippen molar-refractivity contribution in [1.29, 1.82) is 0 Å². The van der Waals surface area contributed by atoms with Crippen molar-refractivity contribution in [2.75, 3.05) is 6.54 Å². The first kappa shape index (κ1) is 12.5. The summed E-state index contributed by atoms with van der Waals surface area (Å²) in [6.45, 7) is 2.53. The first-order valence-corrected chi connectivity index (χ1v) is 6.76. The van der Waals surface area contributed by atoms with Gasteiger partial charge in [0.1, 0.15) is 11.4 Å². The predicted octanol–water partition coefficient (Wildman–Crippen LogP) is 3.66. The van der Waals surface area contributed by atoms with Gasteiger partial charge in [0.25, 0.3) is 0 Å². The van der Waals surface area contributed by atoms with Gasteiger partial charge in [-0.05, 0) is 24.6 Å². The van der Waals surface area contributed by atoms with Gasteiger partial charge in [0.2, 0.25) is 0 Å². The van der Waals surface area contributed by atoms with Crippen LogP contribution in [0.2, 0.25) is 5.02 Å². The Bertz CT molecular complexity index is 612. The van der Waals surface area contributed by atoms with Crippen molar-refractivity contribution in [3.05, 3.63) is 53.1 Å². The molecule has 0 radical (unpaired) electrons. The van der Waals surface area contributed by atoms with Crippen LogP contribution in [0.3, 0.4) is 0 Å². The maximum Gasteiger partial charge on any atom is 0.131 e. The van der Waals surface area contributed by atoms with Gasteiger partial charge in [-0.3, -0.25) is 0 Å². The second kappa shape index (κ2) is 4.55. The summed E-state index contributed by atoms with van der Waals surface area (Å²) >= 11 is 6.23. The second-order valence-corrected chi connectivity index (χ2v) is 5.68. The van der Waals surface area contributed by atoms with E-state index < -0.39 is 0 Å². The molecule has 3 heteroatoms. The normalized spacial score (nSPS) is 21.0. The summed E-state index contributed by atoms with van der Waals surface area (Å²) in [5.41, 5.74) is 8.79. The monoisotopic (exact) mass is 273 g/mol. The van der Waals surface area contributed by atoms with E-state index in [9.17, 15) is 0 Å². The third kappa shape index (κ3) is 2.22. The van der Waals surface area contributed by atoms with E-state index in [2.05, 4.69) is 12.1 Å². The standard InChI is InChI=1S/C16H16ClNO/c1-16(10-18)9-12-7-13(17)8-14(15(12)19-16)11-5-3-2-4-6-11/h2-8H,9-10,18H2,1H3. The highest BCUT2D eigenvalue weighted by Crippen LogP contribution is 2.43. The first-order valence-electron chi connectivity index (χ1n) is 6.38. The Labute approximate surface area is 118 Å². The fraction of sp³-hybridized carbons (Fsp3) is 0.250. The van der Waals surface area contributed by atoms with E-state index in [0.717, 1.165) is 33.9 Å². The van der Waals surface area contributed by atoms with Gasteiger partial charge in [-0.15, -0.1) is 0 Å². The van der Waals surface area contributed by atoms with E-state index in [1.54, 1.807) is 0 Å². The number of benzene rings is 2. The SMILES string of the molecule is CC1(CN)Cc2cc(Cl)cc(-c3ccccc3)c2O1. The van der Waals surface area contributed by atoms with E-state index >= 15 is 0 Å². The van der Waals surface area contributed by atoms with E-state index in [0.29, 0.717) is 6.54 Å². The first-order chi connectivity index (χ1) is 9.11. The van der Waals surface area contributed by atoms with Crippen LogP contribution in [0, 0.1) is 0 Å². The number of fused-ring (bicyclic) bond motifs is 1. The van der Waals surface area contributed by atoms with E-state index in [4.69, 9.17) is 22.1 Å². The van der Waals surface area contributed by atoms with Crippen molar-refractivity contribution < 1.29 is 4.74 Å². The smallest absolute Gasteiger partial charge is 0.131 e. The molecule has 2 aromatic carbocycles. The molecule has 19 heavy (non-hydrogen) atoms. The Morgan fingerprint density at radius 2 is 2.00 bits per heavy atom. The van der Waals surface area contributed by atoms with Gasteiger partial charge >= 0.3 is 0 Å². The maximum atomic E-state index is 6.23. The molecule has 2 aromatic rings. The average Bonchev–Trinajstić information content (AvgIpc) is 2.76. The molecule has 2 nitrogen and oxygen atoms in total. The highest BCUT2D eigenvalue weighted by molar-refractivity contribution is 6.31. The van der Waals surface area contributed by atoms with Crippen LogP contribution in [0.4, 0.5) is 0 Å². The molecule has 3 rings (SSSR count). The van der Waals surface area contributed by atoms with Gasteiger partial charge in [0, 0.05) is 29.1 Å². The zero-order chi connectivity index (χ0) is 13.5. The minimum atomic E-state index is -0.323. The molecule has 0 amide bonds. The summed E-state index contributed by atoms with van der Waals surface area (Å²) in [4.78, 5) is 0. The molecule has 0 aromatic heterocycles. The number of ether oxygens (including phenoxy) is 1. The van der Waals surface area contributed by atoms with Crippen molar-refractivity contribution in [1.82, 2.24) is 0 Å². The third-order valence-corrected chi connectivity index (χ3v) is 3.78. The average molecular weight is 274 g/mol. The number of hydrogen-bond acceptors (Lipinski definition) is 2. The zero-order valence-corrected chi connectivity index (χ0v) is 11.6. The summed E-state index contributed by atoms with van der Waals surface area (Å²) in [5.74, 6) is 0.920. The summed E-state index contributed by atoms with van der Waals surface area (Å²) in [5, 5.41) is 0.738. The van der Waals surface area contributed by atoms with Crippen molar-refractivity contribution >= 4 is 11.6 Å². The molecular formula is C16H16ClNO. The molecule has 0 fully saturated rings. The quantitative estimate of drug-likeness (QED) is 0.906. The van der Waals surface area contributed by atoms with Crippen LogP contribution in [-0.2, 0) is 6.42 Å². The van der Waals surface area contributed by atoms with Crippen LogP contribution >= 0.6 is 11.6 Å². The van der Waals surface area contributed by atoms with Crippen molar-refractivity contribution in [3.63, 3.8) is 0 Å². The largest absolute Gasteiger partial charge is 0.485 e. The molecule has 2 N–H and O–H groups in total. The van der Waals surface area contributed by atoms with Crippen LogP contribution in [-0.4, -0.2) is 12.1 Å². The lowest BCUT2D eigenvalue weighted by Crippen LogP contribution is -2.38. The minimum absolute atomic E-state index is 0.323. The Morgan fingerprint density at radius 1 is 1.26 bits per heavy atom. The number of rotatable bonds is 2. The molecule has 1 atom stereocenters. The summed E-state index contributed by atoms with van der Waals surface area (Å²) in [6.07, 6.45) is 0.805. The topological polar surface area (TPSA) is 35.2 Å². The lowest BCUT2D eigenvalue weighted by Gasteiger charge is -2.22. The Hall–Kier alpha value is -1.51. The molecule has 1 heterocycles. The van der Waals surface area contributed by atoms with E-state index in [-0.39, 0.29) is 5.60 Å². The minimum Gasteiger partial charge on any atom is -0.485 e. The third-order valence-electron chi connectivity index (χ3n) is 3.56. The van der Waals surface area contributed by atoms with Crippen LogP contribution < -0.4 is 10.5 Å². The lowest BCUT2D eigenvalue weighted by atomic mass is 9.97. The fourth-order valence-electron chi connectivity index (χ4n) is 2.53. The Kier molecular flexibility index (Phi) is 3.00. The van der Waals surface area contributed by atoms with Gasteiger partial charge in [-0.25, -0.2) is 0 Å². The molecule has 1 unspecified atom stereocenters. The zero-order valence-electron chi connectivity index (χ0n) is 10.8. The molecule has 1 aliphatic heterocycles. The molecule has 0 saturated heterocycles. The number of halogens is 1. The number of nitrogens with two attached hydrogens (primary N) is 1. The van der Waals surface area contributed by atoms with Gasteiger partial charge in [0.15, 0.2) is 0 Å². The highest BCUT2D eigenvalue weighted by atomic mass is 35.5. The molecule has 0 saturated carbocycles. The lowest BCUT2D eigenvalue weighted by molar-refractivity contribution is 0.126. The van der Waals surface area contributed by atoms with Crippen LogP contribution in [0.15, 0.2) is 42.5 Å². The van der Waals surface area contributed by atoms with Gasteiger partial charge in [-0.2, -0.15) is 0 Å². The predicted molar refractivity (Wildman–Crippen MR) is 78.7 cm³/mol. The summed E-state index contributed by atoms with van der Waals surface area (Å²) in [6, 6.07) is 14.1. The van der Waals surface area contributed by atoms with E-state index in [1.165, 1.54) is 0 Å². The van der Waals surface area contributed by atoms with Crippen LogP contribution in [0.1, 0.15) is 12.5 Å². The van der Waals surface area contributed by atoms with Crippen LogP contribution in [0.25, 0.3) is 11.1 Å². The van der Waals surface area contributed by atoms with Crippen molar-refractivity contribution in [3.8, 4) is 16.9 Å². The summed E-state index contributed by atoms with van der Waals surface area (Å²) in [7, 11) is 0. The van der Waals surface area contributed by atoms with Gasteiger partial charge < -0.3 is 10.5 Å². The highest BCUT2D eigenvalue weighted by Gasteiger charge is 2.35. The fourth-order valence-corrected chi connectivity index (χ4v) is 2.77. The van der Waals surface area contributed by atoms with E-state index in [1.807, 2.05) is 37.3 Å². The molecule has 1 aliphatic rings. The van der Waals surface area contributed by atoms with Crippen molar-refractivity contribution in [2.45, 2.75) is 18.9 Å². The molecule has 0 spiro atoms. The second-order valence-electron chi connectivity index (χ2n) is 5.24. The van der Waals surface area contributed by atoms with Gasteiger partial charge in [-0.1, -0.05) is 41.9 Å². The van der Waals surface area contributed by atoms with Crippen LogP contribution in [0.5, 0.6) is 5.75 Å². The Balaban J connectivity index is 2.14. The molecule has 0 bridgehead atoms. The Morgan fingerprint density at radius 3 is 2.68 bits per heavy atom. The van der Waals surface area contributed by atoms with Gasteiger partial charge in [0.05, 0.1) is 0 Å². The molecular weight excluding hydrogens is 258 g/mol. The summed E-state index contributed by atoms with van der Waals surface area (Å²) < 4.78 is 6.10. The number of hydrogen-bond donors (Lipinski definition) is 1.